The highest BCUT2D eigenvalue weighted by atomic mass is 16.5. The van der Waals surface area contributed by atoms with Gasteiger partial charge in [-0.3, -0.25) is 9.20 Å². The molecule has 0 saturated carbocycles. The molecule has 4 rings (SSSR count). The number of amides is 1. The third-order valence-electron chi connectivity index (χ3n) is 5.41. The zero-order chi connectivity index (χ0) is 22.8. The van der Waals surface area contributed by atoms with Crippen LogP contribution in [0.25, 0.3) is 16.9 Å². The van der Waals surface area contributed by atoms with Crippen molar-refractivity contribution in [1.82, 2.24) is 9.38 Å². The highest BCUT2D eigenvalue weighted by molar-refractivity contribution is 5.92. The zero-order valence-electron chi connectivity index (χ0n) is 18.6. The van der Waals surface area contributed by atoms with Crippen molar-refractivity contribution in [1.29, 1.82) is 0 Å². The van der Waals surface area contributed by atoms with Gasteiger partial charge in [-0.15, -0.1) is 0 Å². The number of nitrogens with two attached hydrogens (primary N) is 1. The van der Waals surface area contributed by atoms with Gasteiger partial charge in [-0.2, -0.15) is 0 Å². The molecule has 0 unspecified atom stereocenters. The molecule has 0 atom stereocenters. The Morgan fingerprint density at radius 3 is 2.41 bits per heavy atom. The van der Waals surface area contributed by atoms with Crippen molar-refractivity contribution in [2.45, 2.75) is 20.4 Å². The number of aromatic nitrogens is 2. The quantitative estimate of drug-likeness (QED) is 0.455. The lowest BCUT2D eigenvalue weighted by Gasteiger charge is -2.12. The van der Waals surface area contributed by atoms with Crippen molar-refractivity contribution in [2.75, 3.05) is 19.5 Å². The molecule has 2 aromatic heterocycles. The summed E-state index contributed by atoms with van der Waals surface area (Å²) in [6.45, 7) is 4.65. The third kappa shape index (κ3) is 3.97. The van der Waals surface area contributed by atoms with E-state index in [1.165, 1.54) is 0 Å². The van der Waals surface area contributed by atoms with Crippen LogP contribution in [0.1, 0.15) is 27.2 Å². The molecular formula is C25H26N4O3. The number of pyridine rings is 1. The first kappa shape index (κ1) is 21.2. The number of primary amides is 1. The minimum Gasteiger partial charge on any atom is -0.493 e. The maximum atomic E-state index is 11.3. The number of carbonyl (C=O) groups excluding carboxylic acids is 1. The molecule has 164 valence electrons. The molecule has 32 heavy (non-hydrogen) atoms. The number of anilines is 1. The molecule has 2 aromatic carbocycles. The Hall–Kier alpha value is -4.00. The number of aryl methyl sites for hydroxylation is 2. The monoisotopic (exact) mass is 430 g/mol. The minimum atomic E-state index is -0.430. The average molecular weight is 431 g/mol. The maximum Gasteiger partial charge on any atom is 0.248 e. The van der Waals surface area contributed by atoms with Crippen molar-refractivity contribution in [3.05, 3.63) is 77.1 Å². The van der Waals surface area contributed by atoms with Crippen LogP contribution in [-0.4, -0.2) is 29.5 Å². The van der Waals surface area contributed by atoms with Crippen LogP contribution in [-0.2, 0) is 6.54 Å². The van der Waals surface area contributed by atoms with Crippen LogP contribution in [0.4, 0.5) is 5.69 Å². The molecule has 3 N–H and O–H groups in total. The Bertz CT molecular complexity index is 1290. The molecule has 0 aliphatic carbocycles. The Kier molecular flexibility index (Phi) is 5.73. The fourth-order valence-corrected chi connectivity index (χ4v) is 3.84. The molecule has 1 amide bonds. The van der Waals surface area contributed by atoms with E-state index >= 15 is 0 Å². The first-order valence-electron chi connectivity index (χ1n) is 10.3. The first-order valence-corrected chi connectivity index (χ1v) is 10.3. The van der Waals surface area contributed by atoms with Crippen LogP contribution in [0.2, 0.25) is 0 Å². The summed E-state index contributed by atoms with van der Waals surface area (Å²) in [6, 6.07) is 15.2. The van der Waals surface area contributed by atoms with E-state index in [2.05, 4.69) is 28.9 Å². The largest absolute Gasteiger partial charge is 0.493 e. The minimum absolute atomic E-state index is 0.430. The number of hydrogen-bond acceptors (Lipinski definition) is 5. The molecule has 0 aliphatic rings. The fraction of sp³-hybridized carbons (Fsp3) is 0.200. The van der Waals surface area contributed by atoms with Gasteiger partial charge in [-0.25, -0.2) is 4.98 Å². The summed E-state index contributed by atoms with van der Waals surface area (Å²) in [6.07, 6.45) is 2.08. The van der Waals surface area contributed by atoms with E-state index in [1.807, 2.05) is 37.3 Å². The van der Waals surface area contributed by atoms with E-state index in [0.29, 0.717) is 23.6 Å². The van der Waals surface area contributed by atoms with E-state index in [4.69, 9.17) is 20.2 Å². The van der Waals surface area contributed by atoms with Gasteiger partial charge in [-0.05, 0) is 61.4 Å². The fourth-order valence-electron chi connectivity index (χ4n) is 3.84. The summed E-state index contributed by atoms with van der Waals surface area (Å²) in [5.74, 6) is 0.925. The Morgan fingerprint density at radius 1 is 1.03 bits per heavy atom. The molecule has 0 spiro atoms. The first-order chi connectivity index (χ1) is 15.4. The van der Waals surface area contributed by atoms with Gasteiger partial charge in [0.15, 0.2) is 17.1 Å². The van der Waals surface area contributed by atoms with Crippen LogP contribution in [0, 0.1) is 13.8 Å². The number of benzene rings is 2. The van der Waals surface area contributed by atoms with Gasteiger partial charge in [0.05, 0.1) is 31.3 Å². The predicted octanol–water partition coefficient (Wildman–Crippen LogP) is 4.35. The van der Waals surface area contributed by atoms with Crippen molar-refractivity contribution < 1.29 is 14.3 Å². The van der Waals surface area contributed by atoms with Crippen molar-refractivity contribution in [3.8, 4) is 22.8 Å². The second kappa shape index (κ2) is 8.63. The van der Waals surface area contributed by atoms with E-state index in [0.717, 1.165) is 39.4 Å². The summed E-state index contributed by atoms with van der Waals surface area (Å²) in [4.78, 5) is 16.1. The van der Waals surface area contributed by atoms with Crippen LogP contribution in [0.3, 0.4) is 0 Å². The molecule has 7 nitrogen and oxygen atoms in total. The third-order valence-corrected chi connectivity index (χ3v) is 5.41. The lowest BCUT2D eigenvalue weighted by Crippen LogP contribution is -2.11. The molecule has 0 bridgehead atoms. The van der Waals surface area contributed by atoms with Gasteiger partial charge in [0.25, 0.3) is 0 Å². The van der Waals surface area contributed by atoms with Gasteiger partial charge in [-0.1, -0.05) is 12.1 Å². The number of ether oxygens (including phenoxy) is 2. The molecule has 0 saturated heterocycles. The van der Waals surface area contributed by atoms with Crippen molar-refractivity contribution >= 4 is 17.2 Å². The number of fused-ring (bicyclic) bond motifs is 1. The topological polar surface area (TPSA) is 90.9 Å². The molecule has 7 heteroatoms. The van der Waals surface area contributed by atoms with Crippen LogP contribution in [0.15, 0.2) is 54.7 Å². The van der Waals surface area contributed by atoms with Gasteiger partial charge in [0.1, 0.15) is 0 Å². The summed E-state index contributed by atoms with van der Waals surface area (Å²) >= 11 is 0. The standard InChI is InChI=1S/C25H26N4O3/c1-15-11-20(27-13-17-5-7-18(8-6-17)24(26)30)25-28-16(2)23(29(25)14-15)19-9-10-21(31-3)22(12-19)32-4/h5-12,14,27H,13H2,1-4H3,(H2,26,30). The summed E-state index contributed by atoms with van der Waals surface area (Å²) < 4.78 is 13.0. The number of rotatable bonds is 7. The van der Waals surface area contributed by atoms with Crippen molar-refractivity contribution in [3.63, 3.8) is 0 Å². The highest BCUT2D eigenvalue weighted by Crippen LogP contribution is 2.35. The van der Waals surface area contributed by atoms with Gasteiger partial charge >= 0.3 is 0 Å². The van der Waals surface area contributed by atoms with Gasteiger partial charge < -0.3 is 20.5 Å². The number of hydrogen-bond donors (Lipinski definition) is 2. The number of imidazole rings is 1. The van der Waals surface area contributed by atoms with E-state index < -0.39 is 5.91 Å². The Balaban J connectivity index is 1.71. The van der Waals surface area contributed by atoms with Gasteiger partial charge in [0, 0.05) is 23.9 Å². The van der Waals surface area contributed by atoms with Crippen molar-refractivity contribution in [2.24, 2.45) is 5.73 Å². The Labute approximate surface area is 186 Å². The van der Waals surface area contributed by atoms with E-state index in [9.17, 15) is 4.79 Å². The SMILES string of the molecule is COc1ccc(-c2c(C)nc3c(NCc4ccc(C(N)=O)cc4)cc(C)cn23)cc1OC. The summed E-state index contributed by atoms with van der Waals surface area (Å²) in [5.41, 5.74) is 12.6. The van der Waals surface area contributed by atoms with Crippen LogP contribution >= 0.6 is 0 Å². The summed E-state index contributed by atoms with van der Waals surface area (Å²) in [7, 11) is 3.25. The maximum absolute atomic E-state index is 11.3. The lowest BCUT2D eigenvalue weighted by molar-refractivity contribution is 0.100. The second-order valence-electron chi connectivity index (χ2n) is 7.66. The van der Waals surface area contributed by atoms with Crippen LogP contribution < -0.4 is 20.5 Å². The number of nitrogens with zero attached hydrogens (tertiary/aromatic N) is 2. The van der Waals surface area contributed by atoms with E-state index in [-0.39, 0.29) is 0 Å². The number of carbonyl (C=O) groups is 1. The smallest absolute Gasteiger partial charge is 0.248 e. The average Bonchev–Trinajstić information content (AvgIpc) is 3.12. The number of methoxy groups -OCH3 is 2. The molecule has 4 aromatic rings. The van der Waals surface area contributed by atoms with Crippen LogP contribution in [0.5, 0.6) is 11.5 Å². The molecular weight excluding hydrogens is 404 g/mol. The second-order valence-corrected chi connectivity index (χ2v) is 7.66. The predicted molar refractivity (Wildman–Crippen MR) is 125 cm³/mol. The highest BCUT2D eigenvalue weighted by Gasteiger charge is 2.16. The molecule has 2 heterocycles. The lowest BCUT2D eigenvalue weighted by atomic mass is 10.1. The Morgan fingerprint density at radius 2 is 1.75 bits per heavy atom. The normalized spacial score (nSPS) is 10.9. The molecule has 0 fully saturated rings. The molecule has 0 radical (unpaired) electrons. The summed E-state index contributed by atoms with van der Waals surface area (Å²) in [5, 5.41) is 3.48. The van der Waals surface area contributed by atoms with Gasteiger partial charge in [0.2, 0.25) is 5.91 Å². The molecule has 0 aliphatic heterocycles. The zero-order valence-corrected chi connectivity index (χ0v) is 18.6. The number of nitrogens with one attached hydrogen (secondary N) is 1. The van der Waals surface area contributed by atoms with E-state index in [1.54, 1.807) is 26.4 Å².